The van der Waals surface area contributed by atoms with E-state index in [1.165, 1.54) is 11.3 Å². The van der Waals surface area contributed by atoms with Crippen molar-refractivity contribution in [1.82, 2.24) is 14.4 Å². The van der Waals surface area contributed by atoms with Gasteiger partial charge >= 0.3 is 0 Å². The van der Waals surface area contributed by atoms with E-state index < -0.39 is 6.04 Å². The minimum atomic E-state index is -0.721. The van der Waals surface area contributed by atoms with E-state index in [0.29, 0.717) is 95.0 Å². The largest absolute Gasteiger partial charge is 0.496 e. The van der Waals surface area contributed by atoms with Gasteiger partial charge in [-0.1, -0.05) is 35.6 Å². The lowest BCUT2D eigenvalue weighted by atomic mass is 9.94. The summed E-state index contributed by atoms with van der Waals surface area (Å²) in [5.41, 5.74) is 2.15. The Labute approximate surface area is 272 Å². The van der Waals surface area contributed by atoms with Crippen LogP contribution in [0.4, 0.5) is 0 Å². The van der Waals surface area contributed by atoms with E-state index in [1.54, 1.807) is 39.7 Å². The van der Waals surface area contributed by atoms with Gasteiger partial charge in [0.25, 0.3) is 17.4 Å². The quantitative estimate of drug-likeness (QED) is 0.315. The van der Waals surface area contributed by atoms with Gasteiger partial charge in [0.05, 0.1) is 42.7 Å². The van der Waals surface area contributed by atoms with Crippen LogP contribution >= 0.6 is 11.3 Å². The Morgan fingerprint density at radius 3 is 2.48 bits per heavy atom. The van der Waals surface area contributed by atoms with E-state index in [0.717, 1.165) is 0 Å². The molecule has 1 aromatic heterocycles. The number of hydrogen-bond donors (Lipinski definition) is 0. The summed E-state index contributed by atoms with van der Waals surface area (Å²) in [6.45, 7) is 11.0. The summed E-state index contributed by atoms with van der Waals surface area (Å²) in [6.07, 6.45) is 1.78. The van der Waals surface area contributed by atoms with Crippen molar-refractivity contribution >= 4 is 29.2 Å². The van der Waals surface area contributed by atoms with Crippen molar-refractivity contribution in [2.24, 2.45) is 4.99 Å². The highest BCUT2D eigenvalue weighted by molar-refractivity contribution is 7.07. The number of aromatic nitrogens is 1. The van der Waals surface area contributed by atoms with Crippen LogP contribution in [0.1, 0.15) is 44.9 Å². The molecular weight excluding hydrogens is 608 g/mol. The second-order valence-corrected chi connectivity index (χ2v) is 11.7. The van der Waals surface area contributed by atoms with Gasteiger partial charge in [0, 0.05) is 31.7 Å². The van der Waals surface area contributed by atoms with Crippen molar-refractivity contribution in [1.29, 1.82) is 0 Å². The minimum Gasteiger partial charge on any atom is -0.496 e. The summed E-state index contributed by atoms with van der Waals surface area (Å²) in [6, 6.07) is 12.1. The Morgan fingerprint density at radius 1 is 1.04 bits per heavy atom. The fourth-order valence-corrected chi connectivity index (χ4v) is 6.71. The Morgan fingerprint density at radius 2 is 1.78 bits per heavy atom. The summed E-state index contributed by atoms with van der Waals surface area (Å²) in [7, 11) is 1.58. The van der Waals surface area contributed by atoms with Gasteiger partial charge < -0.3 is 28.7 Å². The number of para-hydroxylation sites is 1. The first-order valence-corrected chi connectivity index (χ1v) is 16.3. The molecule has 1 saturated heterocycles. The fraction of sp³-hybridized carbons (Fsp3) is 0.412. The molecule has 0 saturated carbocycles. The van der Waals surface area contributed by atoms with E-state index in [9.17, 15) is 14.4 Å². The third kappa shape index (κ3) is 6.73. The van der Waals surface area contributed by atoms with Gasteiger partial charge in [-0.2, -0.15) is 0 Å². The number of carbonyl (C=O) groups is 2. The molecule has 0 aliphatic carbocycles. The van der Waals surface area contributed by atoms with Gasteiger partial charge in [-0.15, -0.1) is 0 Å². The molecule has 1 fully saturated rings. The Bertz CT molecular complexity index is 1800. The predicted octanol–water partition coefficient (Wildman–Crippen LogP) is 2.75. The van der Waals surface area contributed by atoms with Crippen LogP contribution in [-0.4, -0.2) is 85.9 Å². The number of likely N-dealkylation sites (N-methyl/N-ethyl adjacent to an activating group) is 1. The average Bonchev–Trinajstić information content (AvgIpc) is 3.38. The number of thiazole rings is 1. The van der Waals surface area contributed by atoms with Crippen LogP contribution < -0.4 is 29.1 Å². The zero-order valence-electron chi connectivity index (χ0n) is 26.9. The van der Waals surface area contributed by atoms with Crippen LogP contribution in [0.5, 0.6) is 17.2 Å². The molecule has 2 aliphatic heterocycles. The molecule has 46 heavy (non-hydrogen) atoms. The number of ether oxygens (including phenoxy) is 4. The number of amides is 2. The summed E-state index contributed by atoms with van der Waals surface area (Å²) < 4.78 is 24.8. The minimum absolute atomic E-state index is 0.116. The number of allylic oxidation sites excluding steroid dienone is 1. The van der Waals surface area contributed by atoms with Crippen LogP contribution in [-0.2, 0) is 14.3 Å². The molecule has 2 amide bonds. The average molecular weight is 649 g/mol. The van der Waals surface area contributed by atoms with Crippen molar-refractivity contribution in [3.63, 3.8) is 0 Å². The highest BCUT2D eigenvalue weighted by Crippen LogP contribution is 2.36. The second-order valence-electron chi connectivity index (χ2n) is 10.7. The van der Waals surface area contributed by atoms with Crippen molar-refractivity contribution in [2.75, 3.05) is 59.7 Å². The molecule has 2 aliphatic rings. The molecule has 12 heteroatoms. The molecule has 0 N–H and O–H groups in total. The molecule has 0 spiro atoms. The number of nitrogens with zero attached hydrogens (tertiary/aromatic N) is 4. The van der Waals surface area contributed by atoms with E-state index in [-0.39, 0.29) is 24.0 Å². The summed E-state index contributed by atoms with van der Waals surface area (Å²) in [5, 5.41) is 0. The van der Waals surface area contributed by atoms with Gasteiger partial charge in [-0.05, 0) is 57.5 Å². The van der Waals surface area contributed by atoms with Crippen molar-refractivity contribution < 1.29 is 28.5 Å². The van der Waals surface area contributed by atoms with Gasteiger partial charge in [0.1, 0.15) is 11.8 Å². The first-order chi connectivity index (χ1) is 22.3. The topological polar surface area (TPSA) is 112 Å². The summed E-state index contributed by atoms with van der Waals surface area (Å²) in [5.74, 6) is 1.20. The number of morpholine rings is 1. The molecule has 244 valence electrons. The number of hydrogen-bond acceptors (Lipinski definition) is 9. The first kappa shape index (κ1) is 33.0. The maximum atomic E-state index is 14.2. The van der Waals surface area contributed by atoms with Crippen molar-refractivity contribution in [3.8, 4) is 17.2 Å². The summed E-state index contributed by atoms with van der Waals surface area (Å²) >= 11 is 1.26. The third-order valence-corrected chi connectivity index (χ3v) is 9.00. The van der Waals surface area contributed by atoms with Crippen LogP contribution in [0.25, 0.3) is 6.08 Å². The van der Waals surface area contributed by atoms with Gasteiger partial charge in [-0.25, -0.2) is 4.99 Å². The molecule has 11 nitrogen and oxygen atoms in total. The number of fused-ring (bicyclic) bond motifs is 1. The normalized spacial score (nSPS) is 16.5. The SMILES string of the molecule is CCOc1cc(/C=c2\sc3n(c2=O)[C@@H](c2ccccc2OC)C(C(=O)N(CC)CC)=C(C)N=3)ccc1OCC(=O)N1CCOCC1. The number of carbonyl (C=O) groups excluding carboxylic acids is 2. The summed E-state index contributed by atoms with van der Waals surface area (Å²) in [4.78, 5) is 49.4. The smallest absolute Gasteiger partial charge is 0.271 e. The third-order valence-electron chi connectivity index (χ3n) is 8.02. The van der Waals surface area contributed by atoms with Crippen LogP contribution in [0, 0.1) is 0 Å². The van der Waals surface area contributed by atoms with Crippen LogP contribution in [0.15, 0.2) is 63.5 Å². The molecule has 1 atom stereocenters. The molecule has 5 rings (SSSR count). The van der Waals surface area contributed by atoms with E-state index in [4.69, 9.17) is 23.9 Å². The molecular formula is C34H40N4O7S. The lowest BCUT2D eigenvalue weighted by molar-refractivity contribution is -0.137. The van der Waals surface area contributed by atoms with Crippen molar-refractivity contribution in [2.45, 2.75) is 33.7 Å². The number of methoxy groups -OCH3 is 1. The molecule has 3 heterocycles. The monoisotopic (exact) mass is 648 g/mol. The highest BCUT2D eigenvalue weighted by Gasteiger charge is 2.35. The Balaban J connectivity index is 1.54. The van der Waals surface area contributed by atoms with Crippen molar-refractivity contribution in [3.05, 3.63) is 84.5 Å². The lowest BCUT2D eigenvalue weighted by Gasteiger charge is -2.29. The van der Waals surface area contributed by atoms with Crippen LogP contribution in [0.2, 0.25) is 0 Å². The standard InChI is InChI=1S/C34H40N4O7S/c1-6-36(7-2)33(41)30-22(4)35-34-38(31(30)24-11-9-10-12-25(24)42-5)32(40)28(46-34)20-23-13-14-26(27(19-23)44-8-3)45-21-29(39)37-15-17-43-18-16-37/h9-14,19-20,31H,6-8,15-18,21H2,1-5H3/b28-20-/t31-/m0/s1. The molecule has 0 unspecified atom stereocenters. The Kier molecular flexibility index (Phi) is 10.6. The maximum absolute atomic E-state index is 14.2. The zero-order chi connectivity index (χ0) is 32.8. The fourth-order valence-electron chi connectivity index (χ4n) is 5.66. The first-order valence-electron chi connectivity index (χ1n) is 15.5. The van der Waals surface area contributed by atoms with Crippen LogP contribution in [0.3, 0.4) is 0 Å². The molecule has 2 aromatic carbocycles. The predicted molar refractivity (Wildman–Crippen MR) is 175 cm³/mol. The van der Waals surface area contributed by atoms with Gasteiger partial charge in [0.15, 0.2) is 22.9 Å². The molecule has 3 aromatic rings. The molecule has 0 radical (unpaired) electrons. The Hall–Kier alpha value is -4.42. The lowest BCUT2D eigenvalue weighted by Crippen LogP contribution is -2.43. The van der Waals surface area contributed by atoms with E-state index in [2.05, 4.69) is 0 Å². The number of rotatable bonds is 11. The van der Waals surface area contributed by atoms with Gasteiger partial charge in [-0.3, -0.25) is 19.0 Å². The highest BCUT2D eigenvalue weighted by atomic mass is 32.1. The van der Waals surface area contributed by atoms with E-state index in [1.807, 2.05) is 58.0 Å². The second kappa shape index (κ2) is 14.8. The maximum Gasteiger partial charge on any atom is 0.271 e. The zero-order valence-corrected chi connectivity index (χ0v) is 27.7. The van der Waals surface area contributed by atoms with E-state index >= 15 is 0 Å². The molecule has 0 bridgehead atoms. The van der Waals surface area contributed by atoms with Gasteiger partial charge in [0.2, 0.25) is 0 Å². The number of benzene rings is 2.